The van der Waals surface area contributed by atoms with Crippen LogP contribution < -0.4 is 20.7 Å². The second-order valence-electron chi connectivity index (χ2n) is 8.93. The predicted octanol–water partition coefficient (Wildman–Crippen LogP) is 2.49. The van der Waals surface area contributed by atoms with E-state index in [1.54, 1.807) is 27.7 Å². The fourth-order valence-corrected chi connectivity index (χ4v) is 3.77. The van der Waals surface area contributed by atoms with Crippen molar-refractivity contribution in [1.82, 2.24) is 10.6 Å². The third-order valence-electron chi connectivity index (χ3n) is 5.36. The second-order valence-corrected chi connectivity index (χ2v) is 8.93. The Morgan fingerprint density at radius 3 is 2.62 bits per heavy atom. The molecule has 2 aliphatic heterocycles. The van der Waals surface area contributed by atoms with Gasteiger partial charge in [0.15, 0.2) is 11.6 Å². The normalized spacial score (nSPS) is 20.8. The lowest BCUT2D eigenvalue weighted by atomic mass is 9.85. The third-order valence-corrected chi connectivity index (χ3v) is 5.36. The van der Waals surface area contributed by atoms with Crippen LogP contribution in [0.2, 0.25) is 0 Å². The summed E-state index contributed by atoms with van der Waals surface area (Å²) in [5.74, 6) is -1.78. The van der Waals surface area contributed by atoms with Crippen molar-refractivity contribution in [2.24, 2.45) is 0 Å². The number of rotatable bonds is 4. The number of para-hydroxylation sites is 1. The Balaban J connectivity index is 1.84. The number of amides is 3. The average molecular weight is 451 g/mol. The summed E-state index contributed by atoms with van der Waals surface area (Å²) >= 11 is 0. The summed E-state index contributed by atoms with van der Waals surface area (Å²) in [5.41, 5.74) is -1.73. The maximum absolute atomic E-state index is 14.5. The minimum atomic E-state index is -1.20. The molecule has 176 valence electrons. The number of hydrogen-bond acceptors (Lipinski definition) is 6. The number of fused-ring (bicyclic) bond motifs is 1. The Morgan fingerprint density at radius 1 is 1.31 bits per heavy atom. The van der Waals surface area contributed by atoms with Crippen molar-refractivity contribution < 1.29 is 33.0 Å². The highest BCUT2D eigenvalue weighted by Gasteiger charge is 2.50. The maximum Gasteiger partial charge on any atom is 0.408 e. The van der Waals surface area contributed by atoms with Crippen molar-refractivity contribution in [2.45, 2.75) is 70.2 Å². The maximum atomic E-state index is 14.5. The Labute approximate surface area is 186 Å². The number of nitrogens with one attached hydrogen (secondary N) is 3. The van der Waals surface area contributed by atoms with Crippen molar-refractivity contribution in [3.8, 4) is 5.75 Å². The first-order chi connectivity index (χ1) is 15.0. The molecule has 0 bridgehead atoms. The van der Waals surface area contributed by atoms with E-state index in [-0.39, 0.29) is 43.9 Å². The van der Waals surface area contributed by atoms with Gasteiger partial charge in [-0.05, 0) is 39.3 Å². The van der Waals surface area contributed by atoms with Crippen LogP contribution in [0.1, 0.15) is 47.0 Å². The molecule has 2 atom stereocenters. The number of anilines is 1. The van der Waals surface area contributed by atoms with Crippen LogP contribution in [-0.4, -0.2) is 54.4 Å². The van der Waals surface area contributed by atoms with Crippen LogP contribution >= 0.6 is 0 Å². The van der Waals surface area contributed by atoms with E-state index in [0.29, 0.717) is 0 Å². The van der Waals surface area contributed by atoms with Gasteiger partial charge in [0.2, 0.25) is 5.91 Å². The van der Waals surface area contributed by atoms with Crippen molar-refractivity contribution in [1.29, 1.82) is 0 Å². The Bertz CT molecular complexity index is 879. The lowest BCUT2D eigenvalue weighted by molar-refractivity contribution is -0.137. The Kier molecular flexibility index (Phi) is 6.92. The summed E-state index contributed by atoms with van der Waals surface area (Å²) in [5, 5.41) is 7.90. The first-order valence-electron chi connectivity index (χ1n) is 10.7. The smallest absolute Gasteiger partial charge is 0.408 e. The molecule has 2 aliphatic rings. The van der Waals surface area contributed by atoms with E-state index in [9.17, 15) is 18.8 Å². The summed E-state index contributed by atoms with van der Waals surface area (Å²) in [6, 6.07) is 2.18. The number of halogens is 1. The Hall–Kier alpha value is -2.88. The number of alkyl carbamates (subject to hydrolysis) is 1. The monoisotopic (exact) mass is 451 g/mol. The molecule has 2 heterocycles. The molecule has 3 rings (SSSR count). The van der Waals surface area contributed by atoms with Gasteiger partial charge < -0.3 is 30.2 Å². The number of ether oxygens (including phenoxy) is 3. The fraction of sp³-hybridized carbons (Fsp3) is 0.591. The molecule has 1 aromatic carbocycles. The van der Waals surface area contributed by atoms with E-state index in [1.165, 1.54) is 18.2 Å². The highest BCUT2D eigenvalue weighted by molar-refractivity contribution is 6.00. The SMILES string of the molecule is CC[C@H](NC(=O)OC(C)(C)C)C(=O)N[C@H]1C(=O)Nc2cccc(F)c2OC12CCOCC2. The van der Waals surface area contributed by atoms with Crippen LogP contribution in [0, 0.1) is 5.82 Å². The molecule has 0 aliphatic carbocycles. The Morgan fingerprint density at radius 2 is 2.00 bits per heavy atom. The lowest BCUT2D eigenvalue weighted by Gasteiger charge is -2.41. The molecule has 0 unspecified atom stereocenters. The van der Waals surface area contributed by atoms with Crippen LogP contribution in [0.4, 0.5) is 14.9 Å². The average Bonchev–Trinajstić information content (AvgIpc) is 2.82. The molecular formula is C22H30FN3O6. The molecule has 1 aromatic rings. The molecule has 9 nitrogen and oxygen atoms in total. The molecule has 0 aromatic heterocycles. The highest BCUT2D eigenvalue weighted by Crippen LogP contribution is 2.39. The van der Waals surface area contributed by atoms with Gasteiger partial charge in [0.25, 0.3) is 5.91 Å². The number of carbonyl (C=O) groups excluding carboxylic acids is 3. The predicted molar refractivity (Wildman–Crippen MR) is 114 cm³/mol. The zero-order valence-electron chi connectivity index (χ0n) is 18.7. The van der Waals surface area contributed by atoms with E-state index in [0.717, 1.165) is 0 Å². The summed E-state index contributed by atoms with van der Waals surface area (Å²) in [4.78, 5) is 38.3. The number of hydrogen-bond donors (Lipinski definition) is 3. The van der Waals surface area contributed by atoms with Crippen molar-refractivity contribution in [3.05, 3.63) is 24.0 Å². The van der Waals surface area contributed by atoms with E-state index in [4.69, 9.17) is 14.2 Å². The van der Waals surface area contributed by atoms with Crippen LogP contribution in [-0.2, 0) is 19.1 Å². The van der Waals surface area contributed by atoms with Gasteiger partial charge in [-0.25, -0.2) is 9.18 Å². The van der Waals surface area contributed by atoms with Crippen LogP contribution in [0.15, 0.2) is 18.2 Å². The fourth-order valence-electron chi connectivity index (χ4n) is 3.77. The molecule has 32 heavy (non-hydrogen) atoms. The molecule has 1 fully saturated rings. The van der Waals surface area contributed by atoms with Gasteiger partial charge in [0.1, 0.15) is 23.3 Å². The molecule has 10 heteroatoms. The quantitative estimate of drug-likeness (QED) is 0.648. The minimum absolute atomic E-state index is 0.0709. The highest BCUT2D eigenvalue weighted by atomic mass is 19.1. The van der Waals surface area contributed by atoms with Gasteiger partial charge in [0, 0.05) is 12.8 Å². The molecular weight excluding hydrogens is 421 g/mol. The van der Waals surface area contributed by atoms with Crippen molar-refractivity contribution >= 4 is 23.6 Å². The van der Waals surface area contributed by atoms with Crippen LogP contribution in [0.25, 0.3) is 0 Å². The molecule has 1 saturated heterocycles. The van der Waals surface area contributed by atoms with Crippen molar-refractivity contribution in [3.63, 3.8) is 0 Å². The van der Waals surface area contributed by atoms with Crippen molar-refractivity contribution in [2.75, 3.05) is 18.5 Å². The standard InChI is InChI=1S/C22H30FN3O6/c1-5-14(25-20(29)32-21(2,3)4)18(27)26-17-19(28)24-15-8-6-7-13(23)16(15)31-22(17)9-11-30-12-10-22/h6-8,14,17H,5,9-12H2,1-4H3,(H,24,28)(H,25,29)(H,26,27)/t14-,17-/m0/s1. The first kappa shape index (κ1) is 23.8. The van der Waals surface area contributed by atoms with Gasteiger partial charge in [0.05, 0.1) is 18.9 Å². The number of carbonyl (C=O) groups is 3. The molecule has 1 spiro atoms. The lowest BCUT2D eigenvalue weighted by Crippen LogP contribution is -2.64. The van der Waals surface area contributed by atoms with Crippen LogP contribution in [0.5, 0.6) is 5.75 Å². The molecule has 0 saturated carbocycles. The summed E-state index contributed by atoms with van der Waals surface area (Å²) in [7, 11) is 0. The number of benzene rings is 1. The summed E-state index contributed by atoms with van der Waals surface area (Å²) in [6.07, 6.45) is 0.0761. The van der Waals surface area contributed by atoms with E-state index < -0.39 is 47.0 Å². The molecule has 0 radical (unpaired) electrons. The van der Waals surface area contributed by atoms with Gasteiger partial charge in [-0.2, -0.15) is 0 Å². The van der Waals surface area contributed by atoms with E-state index in [1.807, 2.05) is 0 Å². The minimum Gasteiger partial charge on any atom is -0.479 e. The largest absolute Gasteiger partial charge is 0.479 e. The van der Waals surface area contributed by atoms with Gasteiger partial charge in [-0.3, -0.25) is 9.59 Å². The van der Waals surface area contributed by atoms with Crippen LogP contribution in [0.3, 0.4) is 0 Å². The van der Waals surface area contributed by atoms with E-state index in [2.05, 4.69) is 16.0 Å². The topological polar surface area (TPSA) is 115 Å². The molecule has 3 N–H and O–H groups in total. The van der Waals surface area contributed by atoms with Gasteiger partial charge >= 0.3 is 6.09 Å². The van der Waals surface area contributed by atoms with E-state index >= 15 is 0 Å². The molecule has 3 amide bonds. The second kappa shape index (κ2) is 9.32. The first-order valence-corrected chi connectivity index (χ1v) is 10.7. The zero-order chi connectivity index (χ0) is 23.5. The zero-order valence-corrected chi connectivity index (χ0v) is 18.7. The summed E-state index contributed by atoms with van der Waals surface area (Å²) in [6.45, 7) is 7.44. The van der Waals surface area contributed by atoms with Gasteiger partial charge in [-0.15, -0.1) is 0 Å². The third kappa shape index (κ3) is 5.29. The van der Waals surface area contributed by atoms with Gasteiger partial charge in [-0.1, -0.05) is 13.0 Å². The summed E-state index contributed by atoms with van der Waals surface area (Å²) < 4.78 is 31.3.